The zero-order valence-corrected chi connectivity index (χ0v) is 10.9. The number of aromatic nitrogens is 1. The van der Waals surface area contributed by atoms with Crippen LogP contribution in [0, 0.1) is 6.92 Å². The fourth-order valence-electron chi connectivity index (χ4n) is 1.57. The predicted molar refractivity (Wildman–Crippen MR) is 68.6 cm³/mol. The Hall–Kier alpha value is -1.81. The first-order valence-electron chi connectivity index (χ1n) is 5.54. The van der Waals surface area contributed by atoms with Gasteiger partial charge in [-0.2, -0.15) is 0 Å². The van der Waals surface area contributed by atoms with Crippen LogP contribution in [-0.4, -0.2) is 10.9 Å². The van der Waals surface area contributed by atoms with E-state index in [1.54, 1.807) is 19.1 Å². The Balaban J connectivity index is 2.05. The summed E-state index contributed by atoms with van der Waals surface area (Å²) in [7, 11) is 0. The SMILES string of the molecule is Cc1nc(C(=O)NC(C)c2ccc(Cl)cc2)co1. The Bertz CT molecular complexity index is 548. The lowest BCUT2D eigenvalue weighted by molar-refractivity contribution is 0.0935. The van der Waals surface area contributed by atoms with Gasteiger partial charge in [-0.3, -0.25) is 4.79 Å². The van der Waals surface area contributed by atoms with Crippen LogP contribution in [0.15, 0.2) is 34.9 Å². The molecule has 0 bridgehead atoms. The summed E-state index contributed by atoms with van der Waals surface area (Å²) >= 11 is 5.81. The summed E-state index contributed by atoms with van der Waals surface area (Å²) in [6, 6.07) is 7.22. The Labute approximate surface area is 110 Å². The van der Waals surface area contributed by atoms with Crippen molar-refractivity contribution in [1.82, 2.24) is 10.3 Å². The van der Waals surface area contributed by atoms with Gasteiger partial charge in [-0.1, -0.05) is 23.7 Å². The number of hydrogen-bond donors (Lipinski definition) is 1. The molecule has 4 nitrogen and oxygen atoms in total. The molecule has 0 saturated heterocycles. The fourth-order valence-corrected chi connectivity index (χ4v) is 1.70. The fraction of sp³-hybridized carbons (Fsp3) is 0.231. The predicted octanol–water partition coefficient (Wildman–Crippen LogP) is 3.13. The number of rotatable bonds is 3. The number of aryl methyl sites for hydroxylation is 1. The van der Waals surface area contributed by atoms with Crippen molar-refractivity contribution in [3.63, 3.8) is 0 Å². The van der Waals surface area contributed by atoms with E-state index in [0.29, 0.717) is 10.9 Å². The Morgan fingerprint density at radius 3 is 2.61 bits per heavy atom. The monoisotopic (exact) mass is 264 g/mol. The number of benzene rings is 1. The van der Waals surface area contributed by atoms with Crippen molar-refractivity contribution in [1.29, 1.82) is 0 Å². The summed E-state index contributed by atoms with van der Waals surface area (Å²) in [5.74, 6) is 0.216. The summed E-state index contributed by atoms with van der Waals surface area (Å²) in [6.07, 6.45) is 1.35. The topological polar surface area (TPSA) is 55.1 Å². The van der Waals surface area contributed by atoms with Crippen LogP contribution in [0.5, 0.6) is 0 Å². The lowest BCUT2D eigenvalue weighted by Crippen LogP contribution is -2.26. The maximum atomic E-state index is 11.8. The van der Waals surface area contributed by atoms with E-state index in [2.05, 4.69) is 10.3 Å². The lowest BCUT2D eigenvalue weighted by atomic mass is 10.1. The molecule has 0 aliphatic rings. The molecule has 1 aromatic heterocycles. The quantitative estimate of drug-likeness (QED) is 0.927. The van der Waals surface area contributed by atoms with Gasteiger partial charge in [-0.15, -0.1) is 0 Å². The van der Waals surface area contributed by atoms with Crippen LogP contribution < -0.4 is 5.32 Å². The highest BCUT2D eigenvalue weighted by Crippen LogP contribution is 2.16. The second-order valence-corrected chi connectivity index (χ2v) is 4.43. The maximum absolute atomic E-state index is 11.8. The molecule has 0 spiro atoms. The van der Waals surface area contributed by atoms with E-state index in [9.17, 15) is 4.79 Å². The highest BCUT2D eigenvalue weighted by Gasteiger charge is 2.14. The highest BCUT2D eigenvalue weighted by atomic mass is 35.5. The minimum Gasteiger partial charge on any atom is -0.448 e. The summed E-state index contributed by atoms with van der Waals surface area (Å²) in [5.41, 5.74) is 1.27. The normalized spacial score (nSPS) is 12.2. The van der Waals surface area contributed by atoms with Crippen molar-refractivity contribution in [2.24, 2.45) is 0 Å². The molecule has 1 amide bonds. The number of halogens is 1. The van der Waals surface area contributed by atoms with E-state index in [4.69, 9.17) is 16.0 Å². The number of amides is 1. The van der Waals surface area contributed by atoms with Crippen molar-refractivity contribution in [3.05, 3.63) is 52.7 Å². The average molecular weight is 265 g/mol. The molecule has 0 radical (unpaired) electrons. The molecule has 0 aliphatic heterocycles. The molecule has 1 unspecified atom stereocenters. The van der Waals surface area contributed by atoms with E-state index in [0.717, 1.165) is 5.56 Å². The van der Waals surface area contributed by atoms with Crippen LogP contribution in [0.3, 0.4) is 0 Å². The van der Waals surface area contributed by atoms with E-state index >= 15 is 0 Å². The standard InChI is InChI=1S/C13H13ClN2O2/c1-8(10-3-5-11(14)6-4-10)15-13(17)12-7-18-9(2)16-12/h3-8H,1-2H3,(H,15,17). The van der Waals surface area contributed by atoms with Gasteiger partial charge in [0.25, 0.3) is 5.91 Å². The molecule has 1 N–H and O–H groups in total. The molecule has 0 fully saturated rings. The van der Waals surface area contributed by atoms with Gasteiger partial charge in [0.1, 0.15) is 6.26 Å². The number of hydrogen-bond acceptors (Lipinski definition) is 3. The summed E-state index contributed by atoms with van der Waals surface area (Å²) in [5, 5.41) is 3.51. The molecular formula is C13H13ClN2O2. The van der Waals surface area contributed by atoms with Crippen molar-refractivity contribution in [3.8, 4) is 0 Å². The Morgan fingerprint density at radius 1 is 1.39 bits per heavy atom. The minimum absolute atomic E-state index is 0.119. The van der Waals surface area contributed by atoms with Crippen LogP contribution in [0.4, 0.5) is 0 Å². The third-order valence-electron chi connectivity index (χ3n) is 2.57. The zero-order chi connectivity index (χ0) is 13.1. The molecule has 2 aromatic rings. The van der Waals surface area contributed by atoms with E-state index in [1.807, 2.05) is 19.1 Å². The molecular weight excluding hydrogens is 252 g/mol. The number of nitrogens with zero attached hydrogens (tertiary/aromatic N) is 1. The maximum Gasteiger partial charge on any atom is 0.273 e. The molecule has 0 aliphatic carbocycles. The van der Waals surface area contributed by atoms with Crippen LogP contribution in [0.25, 0.3) is 0 Å². The summed E-state index contributed by atoms with van der Waals surface area (Å²) in [4.78, 5) is 15.8. The average Bonchev–Trinajstić information content (AvgIpc) is 2.76. The zero-order valence-electron chi connectivity index (χ0n) is 10.1. The van der Waals surface area contributed by atoms with Crippen LogP contribution in [-0.2, 0) is 0 Å². The number of carbonyl (C=O) groups excluding carboxylic acids is 1. The van der Waals surface area contributed by atoms with Gasteiger partial charge >= 0.3 is 0 Å². The van der Waals surface area contributed by atoms with Gasteiger partial charge in [-0.25, -0.2) is 4.98 Å². The molecule has 94 valence electrons. The molecule has 1 aromatic carbocycles. The highest BCUT2D eigenvalue weighted by molar-refractivity contribution is 6.30. The van der Waals surface area contributed by atoms with Crippen molar-refractivity contribution < 1.29 is 9.21 Å². The van der Waals surface area contributed by atoms with Gasteiger partial charge in [0.05, 0.1) is 6.04 Å². The summed E-state index contributed by atoms with van der Waals surface area (Å²) in [6.45, 7) is 3.59. The second-order valence-electron chi connectivity index (χ2n) is 4.00. The number of nitrogens with one attached hydrogen (secondary N) is 1. The summed E-state index contributed by atoms with van der Waals surface area (Å²) < 4.78 is 5.00. The number of oxazole rings is 1. The Kier molecular flexibility index (Phi) is 3.67. The van der Waals surface area contributed by atoms with Gasteiger partial charge in [-0.05, 0) is 24.6 Å². The lowest BCUT2D eigenvalue weighted by Gasteiger charge is -2.13. The largest absolute Gasteiger partial charge is 0.448 e. The molecule has 1 atom stereocenters. The van der Waals surface area contributed by atoms with Gasteiger partial charge in [0.2, 0.25) is 0 Å². The molecule has 5 heteroatoms. The third-order valence-corrected chi connectivity index (χ3v) is 2.82. The van der Waals surface area contributed by atoms with Crippen LogP contribution >= 0.6 is 11.6 Å². The van der Waals surface area contributed by atoms with E-state index in [-0.39, 0.29) is 17.6 Å². The first kappa shape index (κ1) is 12.6. The van der Waals surface area contributed by atoms with Crippen molar-refractivity contribution in [2.75, 3.05) is 0 Å². The van der Waals surface area contributed by atoms with Crippen LogP contribution in [0.1, 0.15) is 34.9 Å². The van der Waals surface area contributed by atoms with Gasteiger partial charge in [0.15, 0.2) is 11.6 Å². The molecule has 0 saturated carbocycles. The molecule has 18 heavy (non-hydrogen) atoms. The first-order valence-corrected chi connectivity index (χ1v) is 5.92. The number of carbonyl (C=O) groups is 1. The van der Waals surface area contributed by atoms with E-state index < -0.39 is 0 Å². The van der Waals surface area contributed by atoms with Gasteiger partial charge in [0, 0.05) is 11.9 Å². The smallest absolute Gasteiger partial charge is 0.273 e. The molecule has 2 rings (SSSR count). The second kappa shape index (κ2) is 5.23. The van der Waals surface area contributed by atoms with Crippen molar-refractivity contribution in [2.45, 2.75) is 19.9 Å². The minimum atomic E-state index is -0.255. The third kappa shape index (κ3) is 2.90. The van der Waals surface area contributed by atoms with Crippen molar-refractivity contribution >= 4 is 17.5 Å². The Morgan fingerprint density at radius 2 is 2.06 bits per heavy atom. The van der Waals surface area contributed by atoms with Crippen LogP contribution in [0.2, 0.25) is 5.02 Å². The molecule has 1 heterocycles. The van der Waals surface area contributed by atoms with E-state index in [1.165, 1.54) is 6.26 Å². The first-order chi connectivity index (χ1) is 8.56. The van der Waals surface area contributed by atoms with Gasteiger partial charge < -0.3 is 9.73 Å².